The highest BCUT2D eigenvalue weighted by molar-refractivity contribution is 5.98. The lowest BCUT2D eigenvalue weighted by Crippen LogP contribution is -2.15. The Balaban J connectivity index is 1.04. The Morgan fingerprint density at radius 3 is 2.20 bits per heavy atom. The molecule has 2 atom stereocenters. The van der Waals surface area contributed by atoms with E-state index in [-0.39, 0.29) is 11.3 Å². The van der Waals surface area contributed by atoms with Crippen molar-refractivity contribution < 1.29 is 0 Å². The third kappa shape index (κ3) is 4.53. The third-order valence-corrected chi connectivity index (χ3v) is 12.7. The van der Waals surface area contributed by atoms with Gasteiger partial charge in [-0.1, -0.05) is 130 Å². The Bertz CT molecular complexity index is 2860. The minimum absolute atomic E-state index is 0.0696. The summed E-state index contributed by atoms with van der Waals surface area (Å²) in [6.07, 6.45) is 11.6. The van der Waals surface area contributed by atoms with Crippen molar-refractivity contribution in [2.24, 2.45) is 0 Å². The van der Waals surface area contributed by atoms with Crippen LogP contribution in [-0.4, -0.2) is 9.13 Å². The van der Waals surface area contributed by atoms with Crippen molar-refractivity contribution in [3.05, 3.63) is 191 Å². The van der Waals surface area contributed by atoms with Crippen molar-refractivity contribution in [2.45, 2.75) is 50.9 Å². The Morgan fingerprint density at radius 1 is 0.574 bits per heavy atom. The van der Waals surface area contributed by atoms with Gasteiger partial charge in [0.25, 0.3) is 0 Å². The summed E-state index contributed by atoms with van der Waals surface area (Å²) >= 11 is 0. The highest BCUT2D eigenvalue weighted by Gasteiger charge is 2.37. The van der Waals surface area contributed by atoms with E-state index in [0.29, 0.717) is 5.92 Å². The van der Waals surface area contributed by atoms with Crippen LogP contribution in [-0.2, 0) is 11.8 Å². The normalized spacial score (nSPS) is 17.8. The van der Waals surface area contributed by atoms with Crippen LogP contribution in [0.1, 0.15) is 78.2 Å². The van der Waals surface area contributed by atoms with Gasteiger partial charge in [-0.15, -0.1) is 0 Å². The monoisotopic (exact) mass is 694 g/mol. The van der Waals surface area contributed by atoms with Crippen LogP contribution in [0, 0.1) is 0 Å². The first-order valence-electron chi connectivity index (χ1n) is 19.5. The summed E-state index contributed by atoms with van der Waals surface area (Å²) in [6.45, 7) is 7.13. The van der Waals surface area contributed by atoms with Crippen LogP contribution in [0.2, 0.25) is 0 Å². The summed E-state index contributed by atoms with van der Waals surface area (Å²) in [4.78, 5) is 0. The lowest BCUT2D eigenvalue weighted by molar-refractivity contribution is 0.661. The second-order valence-electron chi connectivity index (χ2n) is 16.2. The molecule has 0 saturated carbocycles. The lowest BCUT2D eigenvalue weighted by atomic mass is 9.82. The lowest BCUT2D eigenvalue weighted by Gasteiger charge is -2.22. The summed E-state index contributed by atoms with van der Waals surface area (Å²) in [5, 5.41) is 2.73. The van der Waals surface area contributed by atoms with Crippen LogP contribution in [0.4, 0.5) is 0 Å². The van der Waals surface area contributed by atoms with Crippen LogP contribution < -0.4 is 0 Å². The van der Waals surface area contributed by atoms with Crippen molar-refractivity contribution in [1.82, 2.24) is 9.13 Å². The fraction of sp³-hybridized carbons (Fsp3) is 0.154. The number of nitrogens with zero attached hydrogens (tertiary/aromatic N) is 2. The van der Waals surface area contributed by atoms with Gasteiger partial charge in [0.15, 0.2) is 0 Å². The van der Waals surface area contributed by atoms with Crippen LogP contribution in [0.25, 0.3) is 67.6 Å². The molecule has 0 fully saturated rings. The summed E-state index contributed by atoms with van der Waals surface area (Å²) in [7, 11) is 0. The summed E-state index contributed by atoms with van der Waals surface area (Å²) < 4.78 is 4.99. The molecule has 2 heterocycles. The van der Waals surface area contributed by atoms with Crippen molar-refractivity contribution >= 4 is 34.0 Å². The van der Waals surface area contributed by atoms with Crippen LogP contribution in [0.5, 0.6) is 0 Å². The standard InChI is InChI=1S/C52H42N2/c1-33-13-11-22-49-51(33)41-19-8-10-21-47(41)53(49)38-26-23-35(24-27-38)37-25-28-48-43(30-37)44-31-42-40-18-7-9-20-45(40)52(2,3)46(42)32-50(44)54(48)39-17-12-16-36(29-39)34-14-5-4-6-15-34/h4-12,14-29,31-33,37H,13,30H2,1-3H3. The number of para-hydroxylation sites is 1. The third-order valence-electron chi connectivity index (χ3n) is 12.7. The molecule has 11 rings (SSSR count). The Morgan fingerprint density at radius 2 is 1.33 bits per heavy atom. The predicted octanol–water partition coefficient (Wildman–Crippen LogP) is 13.4. The van der Waals surface area contributed by atoms with Crippen LogP contribution in [0.15, 0.2) is 152 Å². The molecule has 0 N–H and O–H groups in total. The van der Waals surface area contributed by atoms with Crippen LogP contribution in [0.3, 0.4) is 0 Å². The molecule has 2 aromatic heterocycles. The van der Waals surface area contributed by atoms with Gasteiger partial charge in [0.05, 0.1) is 11.0 Å². The molecule has 0 amide bonds. The highest BCUT2D eigenvalue weighted by Crippen LogP contribution is 2.51. The zero-order valence-corrected chi connectivity index (χ0v) is 31.1. The molecule has 0 bridgehead atoms. The van der Waals surface area contributed by atoms with Gasteiger partial charge < -0.3 is 9.13 Å². The molecular formula is C52H42N2. The molecule has 0 spiro atoms. The summed E-state index contributed by atoms with van der Waals surface area (Å²) in [6, 6.07) is 52.2. The number of allylic oxidation sites excluding steroid dienone is 2. The molecule has 0 aliphatic heterocycles. The first-order valence-corrected chi connectivity index (χ1v) is 19.5. The molecule has 2 unspecified atom stereocenters. The molecular weight excluding hydrogens is 653 g/mol. The summed E-state index contributed by atoms with van der Waals surface area (Å²) in [5.74, 6) is 0.800. The molecule has 6 aromatic carbocycles. The Kier molecular flexibility index (Phi) is 6.80. The number of hydrogen-bond acceptors (Lipinski definition) is 0. The predicted molar refractivity (Wildman–Crippen MR) is 227 cm³/mol. The van der Waals surface area contributed by atoms with Crippen LogP contribution >= 0.6 is 0 Å². The van der Waals surface area contributed by atoms with E-state index >= 15 is 0 Å². The van der Waals surface area contributed by atoms with Gasteiger partial charge in [-0.25, -0.2) is 0 Å². The van der Waals surface area contributed by atoms with Gasteiger partial charge in [-0.2, -0.15) is 0 Å². The smallest absolute Gasteiger partial charge is 0.0541 e. The van der Waals surface area contributed by atoms with E-state index in [2.05, 4.69) is 194 Å². The number of aromatic nitrogens is 2. The van der Waals surface area contributed by atoms with E-state index in [1.807, 2.05) is 0 Å². The van der Waals surface area contributed by atoms with Crippen molar-refractivity contribution in [3.8, 4) is 33.6 Å². The van der Waals surface area contributed by atoms with E-state index in [0.717, 1.165) is 12.8 Å². The van der Waals surface area contributed by atoms with Crippen molar-refractivity contribution in [1.29, 1.82) is 0 Å². The van der Waals surface area contributed by atoms with Gasteiger partial charge >= 0.3 is 0 Å². The molecule has 54 heavy (non-hydrogen) atoms. The average molecular weight is 695 g/mol. The van der Waals surface area contributed by atoms with Gasteiger partial charge in [0.1, 0.15) is 0 Å². The average Bonchev–Trinajstić information content (AvgIpc) is 3.81. The molecule has 3 aliphatic rings. The number of benzene rings is 6. The van der Waals surface area contributed by atoms with E-state index < -0.39 is 0 Å². The van der Waals surface area contributed by atoms with Crippen molar-refractivity contribution in [3.63, 3.8) is 0 Å². The minimum atomic E-state index is -0.0696. The zero-order chi connectivity index (χ0) is 36.1. The van der Waals surface area contributed by atoms with Crippen molar-refractivity contribution in [2.75, 3.05) is 0 Å². The first kappa shape index (κ1) is 31.4. The number of fused-ring (bicyclic) bond motifs is 9. The molecule has 2 nitrogen and oxygen atoms in total. The van der Waals surface area contributed by atoms with E-state index in [1.165, 1.54) is 94.6 Å². The second-order valence-corrected chi connectivity index (χ2v) is 16.2. The zero-order valence-electron chi connectivity index (χ0n) is 31.1. The van der Waals surface area contributed by atoms with Gasteiger partial charge in [-0.3, -0.25) is 0 Å². The van der Waals surface area contributed by atoms with Gasteiger partial charge in [0, 0.05) is 44.9 Å². The second kappa shape index (κ2) is 11.7. The maximum atomic E-state index is 2.53. The SMILES string of the molecule is CC1CC=Cc2c1c1ccccc1n2-c1ccc(C2C=Cc3c(c4cc5c(cc4n3-c3cccc(-c4ccccc4)c3)C(C)(C)c3ccccc3-5)C2)cc1. The molecule has 260 valence electrons. The molecule has 2 heteroatoms. The minimum Gasteiger partial charge on any atom is -0.310 e. The Hall–Kier alpha value is -6.12. The molecule has 0 radical (unpaired) electrons. The molecule has 0 saturated heterocycles. The fourth-order valence-electron chi connectivity index (χ4n) is 10.0. The van der Waals surface area contributed by atoms with E-state index in [4.69, 9.17) is 0 Å². The van der Waals surface area contributed by atoms with E-state index in [9.17, 15) is 0 Å². The van der Waals surface area contributed by atoms with Gasteiger partial charge in [0.2, 0.25) is 0 Å². The number of hydrogen-bond donors (Lipinski definition) is 0. The first-order chi connectivity index (χ1) is 26.5. The maximum Gasteiger partial charge on any atom is 0.0541 e. The molecule has 8 aromatic rings. The van der Waals surface area contributed by atoms with Gasteiger partial charge in [-0.05, 0) is 123 Å². The molecule has 3 aliphatic carbocycles. The number of rotatable bonds is 4. The topological polar surface area (TPSA) is 9.86 Å². The van der Waals surface area contributed by atoms with E-state index in [1.54, 1.807) is 0 Å². The highest BCUT2D eigenvalue weighted by atomic mass is 15.0. The summed E-state index contributed by atoms with van der Waals surface area (Å²) in [5.41, 5.74) is 19.9. The fourth-order valence-corrected chi connectivity index (χ4v) is 10.0. The Labute approximate surface area is 317 Å². The quantitative estimate of drug-likeness (QED) is 0.174. The maximum absolute atomic E-state index is 2.53. The largest absolute Gasteiger partial charge is 0.310 e.